The maximum absolute atomic E-state index is 12.2. The highest BCUT2D eigenvalue weighted by atomic mass is 35.5. The summed E-state index contributed by atoms with van der Waals surface area (Å²) in [5, 5.41) is 1.21. The lowest BCUT2D eigenvalue weighted by molar-refractivity contribution is 0.0995. The monoisotopic (exact) mass is 413 g/mol. The molecule has 8 heteroatoms. The topological polar surface area (TPSA) is 98.9 Å². The van der Waals surface area contributed by atoms with Crippen molar-refractivity contribution in [1.82, 2.24) is 9.47 Å². The second-order valence-electron chi connectivity index (χ2n) is 7.11. The molecule has 0 bridgehead atoms. The maximum atomic E-state index is 12.2. The van der Waals surface area contributed by atoms with Crippen molar-refractivity contribution >= 4 is 34.4 Å². The first-order chi connectivity index (χ1) is 13.7. The van der Waals surface area contributed by atoms with E-state index >= 15 is 0 Å². The highest BCUT2D eigenvalue weighted by molar-refractivity contribution is 6.35. The maximum Gasteiger partial charge on any atom is 0.296 e. The lowest BCUT2D eigenvalue weighted by atomic mass is 10.1. The van der Waals surface area contributed by atoms with E-state index in [0.717, 1.165) is 23.0 Å². The average Bonchev–Trinajstić information content (AvgIpc) is 2.98. The summed E-state index contributed by atoms with van der Waals surface area (Å²) in [7, 11) is 5.83. The van der Waals surface area contributed by atoms with Crippen LogP contribution in [0.15, 0.2) is 47.5 Å². The van der Waals surface area contributed by atoms with Gasteiger partial charge in [-0.05, 0) is 37.4 Å². The molecular weight excluding hydrogens is 390 g/mol. The zero-order valence-electron chi connectivity index (χ0n) is 16.6. The van der Waals surface area contributed by atoms with Crippen LogP contribution in [0.25, 0.3) is 10.9 Å². The summed E-state index contributed by atoms with van der Waals surface area (Å²) in [5.41, 5.74) is 14.0. The molecule has 0 aliphatic heterocycles. The van der Waals surface area contributed by atoms with E-state index in [-0.39, 0.29) is 5.96 Å². The van der Waals surface area contributed by atoms with E-state index in [1.165, 1.54) is 5.56 Å². The molecule has 0 spiro atoms. The Bertz CT molecular complexity index is 1070. The second-order valence-corrected chi connectivity index (χ2v) is 7.52. The van der Waals surface area contributed by atoms with Crippen LogP contribution in [-0.4, -0.2) is 35.4 Å². The summed E-state index contributed by atoms with van der Waals surface area (Å²) in [4.78, 5) is 17.9. The SMILES string of the molecule is CN(C)Cc1ccc(COc2cc(Cl)c3cc(C(=O)N=C(N)N)n(C)c3c2)cc1. The van der Waals surface area contributed by atoms with Gasteiger partial charge in [-0.15, -0.1) is 0 Å². The number of halogens is 1. The van der Waals surface area contributed by atoms with E-state index in [4.69, 9.17) is 27.8 Å². The van der Waals surface area contributed by atoms with Crippen molar-refractivity contribution in [2.45, 2.75) is 13.2 Å². The Morgan fingerprint density at radius 3 is 2.41 bits per heavy atom. The molecule has 1 amide bonds. The molecule has 0 saturated heterocycles. The third-order valence-electron chi connectivity index (χ3n) is 4.46. The van der Waals surface area contributed by atoms with Crippen LogP contribution in [0.4, 0.5) is 0 Å². The molecular formula is C21H24ClN5O2. The van der Waals surface area contributed by atoms with Gasteiger partial charge in [0, 0.05) is 25.0 Å². The van der Waals surface area contributed by atoms with Crippen molar-refractivity contribution in [3.05, 3.63) is 64.3 Å². The Morgan fingerprint density at radius 2 is 1.79 bits per heavy atom. The first-order valence-corrected chi connectivity index (χ1v) is 9.40. The van der Waals surface area contributed by atoms with Crippen LogP contribution in [0.5, 0.6) is 5.75 Å². The van der Waals surface area contributed by atoms with Gasteiger partial charge in [-0.3, -0.25) is 4.79 Å². The molecule has 0 aliphatic rings. The molecule has 0 fully saturated rings. The van der Waals surface area contributed by atoms with Crippen molar-refractivity contribution < 1.29 is 9.53 Å². The zero-order chi connectivity index (χ0) is 21.1. The highest BCUT2D eigenvalue weighted by Crippen LogP contribution is 2.32. The van der Waals surface area contributed by atoms with Crippen LogP contribution in [0.1, 0.15) is 21.6 Å². The smallest absolute Gasteiger partial charge is 0.296 e. The van der Waals surface area contributed by atoms with Gasteiger partial charge >= 0.3 is 0 Å². The summed E-state index contributed by atoms with van der Waals surface area (Å²) in [5.74, 6) is -0.200. The third-order valence-corrected chi connectivity index (χ3v) is 4.77. The summed E-state index contributed by atoms with van der Waals surface area (Å²) >= 11 is 6.41. The number of hydrogen-bond donors (Lipinski definition) is 2. The lowest BCUT2D eigenvalue weighted by Gasteiger charge is -2.11. The van der Waals surface area contributed by atoms with E-state index in [1.807, 2.05) is 32.3 Å². The molecule has 2 aromatic carbocycles. The number of aromatic nitrogens is 1. The Kier molecular flexibility index (Phi) is 6.10. The third kappa shape index (κ3) is 4.88. The van der Waals surface area contributed by atoms with Gasteiger partial charge in [0.05, 0.1) is 10.5 Å². The molecule has 0 radical (unpaired) electrons. The van der Waals surface area contributed by atoms with Crippen molar-refractivity contribution in [3.8, 4) is 5.75 Å². The number of hydrogen-bond acceptors (Lipinski definition) is 3. The molecule has 0 aliphatic carbocycles. The molecule has 3 aromatic rings. The Hall–Kier alpha value is -3.03. The number of aliphatic imine (C=N–C) groups is 1. The van der Waals surface area contributed by atoms with Gasteiger partial charge in [-0.25, -0.2) is 0 Å². The van der Waals surface area contributed by atoms with Gasteiger partial charge < -0.3 is 25.7 Å². The standard InChI is InChI=1S/C21H24ClN5O2/c1-26(2)11-13-4-6-14(7-5-13)12-29-15-8-17(22)16-10-19(20(28)25-21(23)24)27(3)18(16)9-15/h4-10H,11-12H2,1-3H3,(H4,23,24,25,28). The number of rotatable bonds is 6. The minimum Gasteiger partial charge on any atom is -0.489 e. The van der Waals surface area contributed by atoms with Gasteiger partial charge in [-0.2, -0.15) is 4.99 Å². The Morgan fingerprint density at radius 1 is 1.14 bits per heavy atom. The fraction of sp³-hybridized carbons (Fsp3) is 0.238. The van der Waals surface area contributed by atoms with E-state index < -0.39 is 5.91 Å². The largest absolute Gasteiger partial charge is 0.489 e. The number of fused-ring (bicyclic) bond motifs is 1. The van der Waals surface area contributed by atoms with Crippen molar-refractivity contribution in [1.29, 1.82) is 0 Å². The molecule has 0 unspecified atom stereocenters. The Balaban J connectivity index is 1.81. The minimum absolute atomic E-state index is 0.285. The summed E-state index contributed by atoms with van der Waals surface area (Å²) in [6.07, 6.45) is 0. The van der Waals surface area contributed by atoms with E-state index in [2.05, 4.69) is 22.0 Å². The quantitative estimate of drug-likeness (QED) is 0.478. The number of benzene rings is 2. The molecule has 1 heterocycles. The number of nitrogens with zero attached hydrogens (tertiary/aromatic N) is 3. The summed E-state index contributed by atoms with van der Waals surface area (Å²) in [6.45, 7) is 1.30. The van der Waals surface area contributed by atoms with Crippen LogP contribution >= 0.6 is 11.6 Å². The fourth-order valence-electron chi connectivity index (χ4n) is 3.10. The van der Waals surface area contributed by atoms with Crippen molar-refractivity contribution in [3.63, 3.8) is 0 Å². The van der Waals surface area contributed by atoms with Crippen LogP contribution in [-0.2, 0) is 20.2 Å². The van der Waals surface area contributed by atoms with Gasteiger partial charge in [-0.1, -0.05) is 35.9 Å². The molecule has 29 heavy (non-hydrogen) atoms. The predicted molar refractivity (Wildman–Crippen MR) is 116 cm³/mol. The first kappa shape index (κ1) is 20.7. The number of amides is 1. The predicted octanol–water partition coefficient (Wildman–Crippen LogP) is 2.89. The van der Waals surface area contributed by atoms with E-state index in [9.17, 15) is 4.79 Å². The molecule has 4 N–H and O–H groups in total. The first-order valence-electron chi connectivity index (χ1n) is 9.03. The van der Waals surface area contributed by atoms with Crippen LogP contribution < -0.4 is 16.2 Å². The molecule has 3 rings (SSSR count). The normalized spacial score (nSPS) is 11.1. The minimum atomic E-state index is -0.528. The number of aryl methyl sites for hydroxylation is 1. The number of nitrogens with two attached hydrogens (primary N) is 2. The zero-order valence-corrected chi connectivity index (χ0v) is 17.4. The van der Waals surface area contributed by atoms with Gasteiger partial charge in [0.15, 0.2) is 5.96 Å². The number of carbonyl (C=O) groups is 1. The number of guanidine groups is 1. The van der Waals surface area contributed by atoms with Gasteiger partial charge in [0.2, 0.25) is 0 Å². The molecule has 7 nitrogen and oxygen atoms in total. The van der Waals surface area contributed by atoms with Gasteiger partial charge in [0.25, 0.3) is 5.91 Å². The average molecular weight is 414 g/mol. The summed E-state index contributed by atoms with van der Waals surface area (Å²) in [6, 6.07) is 13.5. The van der Waals surface area contributed by atoms with E-state index in [1.54, 1.807) is 23.7 Å². The lowest BCUT2D eigenvalue weighted by Crippen LogP contribution is -2.24. The fourth-order valence-corrected chi connectivity index (χ4v) is 3.36. The number of ether oxygens (including phenoxy) is 1. The van der Waals surface area contributed by atoms with E-state index in [0.29, 0.717) is 23.1 Å². The van der Waals surface area contributed by atoms with Crippen molar-refractivity contribution in [2.24, 2.45) is 23.5 Å². The van der Waals surface area contributed by atoms with Gasteiger partial charge in [0.1, 0.15) is 18.1 Å². The molecule has 0 atom stereocenters. The van der Waals surface area contributed by atoms with Crippen molar-refractivity contribution in [2.75, 3.05) is 14.1 Å². The van der Waals surface area contributed by atoms with Crippen LogP contribution in [0.2, 0.25) is 5.02 Å². The summed E-state index contributed by atoms with van der Waals surface area (Å²) < 4.78 is 7.62. The van der Waals surface area contributed by atoms with Crippen LogP contribution in [0.3, 0.4) is 0 Å². The molecule has 0 saturated carbocycles. The second kappa shape index (κ2) is 8.55. The Labute approximate surface area is 174 Å². The van der Waals surface area contributed by atoms with Crippen LogP contribution in [0, 0.1) is 0 Å². The highest BCUT2D eigenvalue weighted by Gasteiger charge is 2.16. The molecule has 152 valence electrons. The number of carbonyl (C=O) groups excluding carboxylic acids is 1. The molecule has 1 aromatic heterocycles.